The Morgan fingerprint density at radius 3 is 2.07 bits per heavy atom. The van der Waals surface area contributed by atoms with E-state index in [1.165, 1.54) is 34.6 Å². The molecule has 6 heterocycles. The molecule has 3 aliphatic heterocycles. The van der Waals surface area contributed by atoms with Crippen molar-refractivity contribution in [2.24, 2.45) is 5.92 Å². The molecule has 3 aromatic carbocycles. The van der Waals surface area contributed by atoms with E-state index in [2.05, 4.69) is 54.9 Å². The van der Waals surface area contributed by atoms with Gasteiger partial charge in [-0.25, -0.2) is 24.4 Å². The molecule has 1 saturated heterocycles. The molecule has 9 atom stereocenters. The van der Waals surface area contributed by atoms with E-state index in [0.717, 1.165) is 34.1 Å². The molecular weight excluding hydrogens is 1470 g/mol. The van der Waals surface area contributed by atoms with Crippen LogP contribution >= 0.6 is 0 Å². The van der Waals surface area contributed by atoms with Crippen molar-refractivity contribution in [3.05, 3.63) is 117 Å². The lowest BCUT2D eigenvalue weighted by atomic mass is 9.86. The number of hydrogen-bond donors (Lipinski definition) is 12. The molecule has 12 N–H and O–H groups in total. The van der Waals surface area contributed by atoms with Gasteiger partial charge in [0.25, 0.3) is 5.56 Å². The number of cyclic esters (lactones) is 1. The molecule has 614 valence electrons. The predicted molar refractivity (Wildman–Crippen MR) is 409 cm³/mol. The number of nitrogens with zero attached hydrogens (tertiary/aromatic N) is 5. The second-order valence-corrected chi connectivity index (χ2v) is 28.4. The number of carboxylic acid groups (broad SMARTS) is 1. The summed E-state index contributed by atoms with van der Waals surface area (Å²) in [5.74, 6) is -6.51. The molecule has 0 bridgehead atoms. The van der Waals surface area contributed by atoms with Crippen LogP contribution in [0.25, 0.3) is 33.2 Å². The Hall–Kier alpha value is -10.0. The summed E-state index contributed by atoms with van der Waals surface area (Å²) in [5, 5.41) is 73.2. The SMILES string of the molecule is CCn1c(CN(C)NC)cc2cc(NC(=O)CCC(=O)N[C@@H](C)C(=O)NCCOCCOCCOCCOCCC(=O)N[C@H](C(=O)N[C@@H](C)C(=O)Nc3ccc(COC(=O)N(CCc4c5c(nc6ccccc46)-c4cc6c(c(=O)n4C5)COC(=O)[C@]6(O)CC)C(C)C)cc3O[C@@H]3O[C@H](C(=O)O)[C@@H](O)[C@H](O)[C@H]3O)C(C)C)ccc21. The summed E-state index contributed by atoms with van der Waals surface area (Å²) >= 11 is 0. The zero-order valence-corrected chi connectivity index (χ0v) is 65.2. The van der Waals surface area contributed by atoms with E-state index in [4.69, 9.17) is 42.9 Å². The first-order chi connectivity index (χ1) is 54.0. The number of carbonyl (C=O) groups excluding carboxylic acids is 8. The van der Waals surface area contributed by atoms with Crippen molar-refractivity contribution in [2.45, 2.75) is 181 Å². The molecule has 0 radical (unpaired) electrons. The Morgan fingerprint density at radius 1 is 0.726 bits per heavy atom. The lowest BCUT2D eigenvalue weighted by Crippen LogP contribution is -2.61. The molecule has 6 aromatic rings. The van der Waals surface area contributed by atoms with Gasteiger partial charge < -0.3 is 109 Å². The van der Waals surface area contributed by atoms with Crippen LogP contribution in [0.3, 0.4) is 0 Å². The minimum absolute atomic E-state index is 0.0108. The zero-order chi connectivity index (χ0) is 82.0. The number of fused-ring (bicyclic) bond motifs is 6. The molecule has 113 heavy (non-hydrogen) atoms. The Bertz CT molecular complexity index is 4470. The number of rotatable bonds is 41. The van der Waals surface area contributed by atoms with Crippen LogP contribution in [0.5, 0.6) is 5.75 Å². The fraction of sp³-hybridized carbons (Fsp3) is 0.526. The van der Waals surface area contributed by atoms with E-state index in [1.807, 2.05) is 61.6 Å². The van der Waals surface area contributed by atoms with E-state index in [9.17, 15) is 73.5 Å². The van der Waals surface area contributed by atoms with Gasteiger partial charge >= 0.3 is 18.0 Å². The predicted octanol–water partition coefficient (Wildman–Crippen LogP) is 2.56. The molecule has 0 aliphatic carbocycles. The maximum Gasteiger partial charge on any atom is 0.410 e. The van der Waals surface area contributed by atoms with Gasteiger partial charge in [0, 0.05) is 90.8 Å². The topological polar surface area (TPSA) is 459 Å². The molecule has 35 nitrogen and oxygen atoms in total. The fourth-order valence-corrected chi connectivity index (χ4v) is 13.3. The highest BCUT2D eigenvalue weighted by molar-refractivity contribution is 6.00. The summed E-state index contributed by atoms with van der Waals surface area (Å²) in [7, 11) is 3.81. The summed E-state index contributed by atoms with van der Waals surface area (Å²) in [5.41, 5.74) is 6.91. The molecular formula is C78H104N12O23. The summed E-state index contributed by atoms with van der Waals surface area (Å²) in [6.45, 7) is 16.3. The number of para-hydroxylation sites is 1. The molecule has 9 rings (SSSR count). The molecule has 3 aliphatic rings. The third-order valence-electron chi connectivity index (χ3n) is 19.8. The normalized spacial score (nSPS) is 18.5. The Balaban J connectivity index is 0.677. The highest BCUT2D eigenvalue weighted by atomic mass is 16.7. The van der Waals surface area contributed by atoms with E-state index >= 15 is 0 Å². The van der Waals surface area contributed by atoms with Gasteiger partial charge in [-0.15, -0.1) is 0 Å². The van der Waals surface area contributed by atoms with Crippen molar-refractivity contribution in [3.8, 4) is 17.1 Å². The number of esters is 1. The minimum atomic E-state index is -2.07. The summed E-state index contributed by atoms with van der Waals surface area (Å²) in [6, 6.07) is 17.2. The standard InChI is InChI=1S/C78H104N12O23/c1-11-78(105)55-38-59-65-53(40-90(59)73(100)54(55)42-110-76(78)103)51(52-15-13-14-16-56(52)84-65)23-26-89(44(5)6)77(104)111-41-47-17-19-57(60(35-47)112-75-68(96)66(94)67(95)69(113-75)74(101)102)85-71(98)46(8)82-72(99)64(43(3)4)86-63(93)24-27-106-29-31-108-33-34-109-32-30-107-28-25-80-70(97)45(7)81-61(91)21-22-62(92)83-49-18-20-58-48(36-49)37-50(88(58)12-2)39-87(10)79-9/h13-20,35-38,43-46,64,66-69,75,79,94-96,105H,11-12,21-34,39-42H2,1-10H3,(H,80,97)(H,81,91)(H,82,99)(H,83,92)(H,85,98)(H,86,93)(H,101,102)/t45-,46-,64-,66-,67-,68+,69-,75+,78-/m0/s1. The summed E-state index contributed by atoms with van der Waals surface area (Å²) in [6.07, 6.45) is -11.0. The van der Waals surface area contributed by atoms with Crippen molar-refractivity contribution >= 4 is 86.7 Å². The number of hydrogen-bond acceptors (Lipinski definition) is 25. The van der Waals surface area contributed by atoms with E-state index in [1.54, 1.807) is 47.6 Å². The maximum absolute atomic E-state index is 14.2. The highest BCUT2D eigenvalue weighted by Gasteiger charge is 2.49. The van der Waals surface area contributed by atoms with Gasteiger partial charge in [-0.1, -0.05) is 45.0 Å². The van der Waals surface area contributed by atoms with E-state index in [-0.39, 0.29) is 145 Å². The first-order valence-electron chi connectivity index (χ1n) is 37.8. The number of aromatic nitrogens is 3. The number of carboxylic acids is 1. The minimum Gasteiger partial charge on any atom is -0.479 e. The Labute approximate surface area is 652 Å². The van der Waals surface area contributed by atoms with Crippen molar-refractivity contribution < 1.29 is 107 Å². The van der Waals surface area contributed by atoms with E-state index in [0.29, 0.717) is 34.7 Å². The second-order valence-electron chi connectivity index (χ2n) is 28.4. The first kappa shape index (κ1) is 86.9. The quantitative estimate of drug-likeness (QED) is 0.0149. The van der Waals surface area contributed by atoms with Gasteiger partial charge in [-0.2, -0.15) is 0 Å². The van der Waals surface area contributed by atoms with Crippen LogP contribution in [0.1, 0.15) is 115 Å². The molecule has 35 heteroatoms. The van der Waals surface area contributed by atoms with Crippen LogP contribution in [0.15, 0.2) is 77.6 Å². The highest BCUT2D eigenvalue weighted by Crippen LogP contribution is 2.41. The number of amides is 7. The second kappa shape index (κ2) is 40.1. The average molecular weight is 1580 g/mol. The number of hydrazine groups is 1. The molecule has 0 unspecified atom stereocenters. The van der Waals surface area contributed by atoms with Crippen molar-refractivity contribution in [1.82, 2.24) is 50.7 Å². The van der Waals surface area contributed by atoms with Gasteiger partial charge in [0.1, 0.15) is 55.4 Å². The number of aliphatic carboxylic acids is 1. The monoisotopic (exact) mass is 1580 g/mol. The smallest absolute Gasteiger partial charge is 0.410 e. The fourth-order valence-electron chi connectivity index (χ4n) is 13.3. The van der Waals surface area contributed by atoms with Crippen LogP contribution in [-0.2, 0) is 116 Å². The number of ether oxygens (including phenoxy) is 8. The molecule has 7 amide bonds. The largest absolute Gasteiger partial charge is 0.479 e. The third kappa shape index (κ3) is 21.8. The van der Waals surface area contributed by atoms with Crippen LogP contribution in [0, 0.1) is 5.92 Å². The average Bonchev–Trinajstić information content (AvgIpc) is 1.69. The zero-order valence-electron chi connectivity index (χ0n) is 65.2. The Kier molecular flexibility index (Phi) is 30.9. The lowest BCUT2D eigenvalue weighted by molar-refractivity contribution is -0.271. The number of aryl methyl sites for hydroxylation is 1. The molecule has 0 saturated carbocycles. The number of aliphatic hydroxyl groups excluding tert-OH is 3. The third-order valence-corrected chi connectivity index (χ3v) is 19.8. The van der Waals surface area contributed by atoms with Gasteiger partial charge in [0.05, 0.1) is 94.1 Å². The number of benzene rings is 3. The number of pyridine rings is 2. The first-order valence-corrected chi connectivity index (χ1v) is 37.8. The van der Waals surface area contributed by atoms with Crippen molar-refractivity contribution in [1.29, 1.82) is 0 Å². The van der Waals surface area contributed by atoms with Crippen LogP contribution in [0.2, 0.25) is 0 Å². The van der Waals surface area contributed by atoms with Crippen LogP contribution in [-0.4, -0.2) is 238 Å². The van der Waals surface area contributed by atoms with Crippen LogP contribution < -0.4 is 47.6 Å². The number of nitrogens with one attached hydrogen (secondary N) is 7. The van der Waals surface area contributed by atoms with Gasteiger partial charge in [-0.05, 0) is 120 Å². The maximum atomic E-state index is 14.2. The summed E-state index contributed by atoms with van der Waals surface area (Å²) < 4.78 is 48.5. The number of aliphatic hydroxyl groups is 4. The lowest BCUT2D eigenvalue weighted by Gasteiger charge is -2.38. The molecule has 3 aromatic heterocycles. The van der Waals surface area contributed by atoms with Crippen LogP contribution in [0.4, 0.5) is 16.2 Å². The molecule has 1 fully saturated rings. The van der Waals surface area contributed by atoms with E-state index < -0.39 is 126 Å². The Morgan fingerprint density at radius 2 is 1.40 bits per heavy atom. The molecule has 0 spiro atoms. The van der Waals surface area contributed by atoms with Crippen molar-refractivity contribution in [2.75, 3.05) is 90.7 Å². The van der Waals surface area contributed by atoms with Gasteiger partial charge in [-0.3, -0.25) is 39.0 Å². The summed E-state index contributed by atoms with van der Waals surface area (Å²) in [4.78, 5) is 138. The van der Waals surface area contributed by atoms with Gasteiger partial charge in [0.2, 0.25) is 41.7 Å². The number of carbonyl (C=O) groups is 9. The van der Waals surface area contributed by atoms with Gasteiger partial charge in [0.15, 0.2) is 11.7 Å². The van der Waals surface area contributed by atoms with Crippen molar-refractivity contribution in [3.63, 3.8) is 0 Å². The number of anilines is 2.